The number of rotatable bonds is 6. The van der Waals surface area contributed by atoms with Crippen molar-refractivity contribution >= 4 is 23.4 Å². The normalized spacial score (nSPS) is 20.3. The molecule has 2 amide bonds. The van der Waals surface area contributed by atoms with E-state index >= 15 is 0 Å². The van der Waals surface area contributed by atoms with Crippen LogP contribution in [0.1, 0.15) is 45.6 Å². The standard InChI is InChI=1S/C22H34ClN3O2/c1-15(2)20(24-19(27)13-25(5)6)21(28)26-12-11-18(22(3,4)14-26)16-7-9-17(23)10-8-16/h7-10,15,18,20H,11-14H2,1-6H3,(H,24,27)/t18-,20-/m1/s1. The summed E-state index contributed by atoms with van der Waals surface area (Å²) in [4.78, 5) is 29.2. The number of halogens is 1. The third kappa shape index (κ3) is 5.71. The summed E-state index contributed by atoms with van der Waals surface area (Å²) in [6.07, 6.45) is 0.900. The molecular weight excluding hydrogens is 374 g/mol. The maximum absolute atomic E-state index is 13.2. The lowest BCUT2D eigenvalue weighted by molar-refractivity contribution is -0.140. The third-order valence-electron chi connectivity index (χ3n) is 5.52. The number of carbonyl (C=O) groups is 2. The zero-order valence-corrected chi connectivity index (χ0v) is 18.7. The lowest BCUT2D eigenvalue weighted by Crippen LogP contribution is -2.56. The van der Waals surface area contributed by atoms with Gasteiger partial charge in [-0.2, -0.15) is 0 Å². The molecule has 0 unspecified atom stereocenters. The molecule has 0 radical (unpaired) electrons. The number of hydrogen-bond donors (Lipinski definition) is 1. The van der Waals surface area contributed by atoms with Crippen molar-refractivity contribution in [1.82, 2.24) is 15.1 Å². The zero-order valence-electron chi connectivity index (χ0n) is 18.0. The van der Waals surface area contributed by atoms with E-state index in [0.29, 0.717) is 19.0 Å². The lowest BCUT2D eigenvalue weighted by atomic mass is 9.70. The molecule has 0 saturated carbocycles. The van der Waals surface area contributed by atoms with Crippen LogP contribution in [-0.2, 0) is 9.59 Å². The van der Waals surface area contributed by atoms with Crippen LogP contribution in [0.4, 0.5) is 0 Å². The number of benzene rings is 1. The van der Waals surface area contributed by atoms with Crippen molar-refractivity contribution in [2.24, 2.45) is 11.3 Å². The molecule has 0 aromatic heterocycles. The molecule has 5 nitrogen and oxygen atoms in total. The minimum absolute atomic E-state index is 0.0183. The summed E-state index contributed by atoms with van der Waals surface area (Å²) < 4.78 is 0. The summed E-state index contributed by atoms with van der Waals surface area (Å²) in [6.45, 7) is 10.0. The highest BCUT2D eigenvalue weighted by molar-refractivity contribution is 6.30. The third-order valence-corrected chi connectivity index (χ3v) is 5.77. The van der Waals surface area contributed by atoms with E-state index in [2.05, 4.69) is 31.3 Å². The molecule has 2 atom stereocenters. The molecule has 1 aliphatic heterocycles. The van der Waals surface area contributed by atoms with E-state index in [1.54, 1.807) is 4.90 Å². The van der Waals surface area contributed by atoms with Gasteiger partial charge in [0, 0.05) is 18.1 Å². The maximum atomic E-state index is 13.2. The molecule has 1 aromatic rings. The van der Waals surface area contributed by atoms with Crippen molar-refractivity contribution in [3.8, 4) is 0 Å². The molecule has 28 heavy (non-hydrogen) atoms. The minimum Gasteiger partial charge on any atom is -0.343 e. The number of likely N-dealkylation sites (tertiary alicyclic amines) is 1. The molecule has 6 heteroatoms. The first kappa shape index (κ1) is 22.7. The average molecular weight is 408 g/mol. The number of hydrogen-bond acceptors (Lipinski definition) is 3. The molecule has 1 aromatic carbocycles. The number of nitrogens with one attached hydrogen (secondary N) is 1. The highest BCUT2D eigenvalue weighted by atomic mass is 35.5. The van der Waals surface area contributed by atoms with Gasteiger partial charge in [0.1, 0.15) is 6.04 Å². The molecule has 1 saturated heterocycles. The fraction of sp³-hybridized carbons (Fsp3) is 0.636. The summed E-state index contributed by atoms with van der Waals surface area (Å²) in [7, 11) is 3.69. The summed E-state index contributed by atoms with van der Waals surface area (Å²) in [5, 5.41) is 3.67. The average Bonchev–Trinajstić information content (AvgIpc) is 2.58. The fourth-order valence-corrected chi connectivity index (χ4v) is 4.20. The summed E-state index contributed by atoms with van der Waals surface area (Å²) in [6, 6.07) is 7.55. The Labute approximate surface area is 174 Å². The Bertz CT molecular complexity index is 686. The van der Waals surface area contributed by atoms with Crippen molar-refractivity contribution in [3.63, 3.8) is 0 Å². The summed E-state index contributed by atoms with van der Waals surface area (Å²) in [5.74, 6) is 0.308. The first-order valence-corrected chi connectivity index (χ1v) is 10.4. The van der Waals surface area contributed by atoms with Crippen molar-refractivity contribution < 1.29 is 9.59 Å². The second-order valence-corrected chi connectivity index (χ2v) is 9.60. The molecule has 0 bridgehead atoms. The van der Waals surface area contributed by atoms with Crippen LogP contribution in [0.25, 0.3) is 0 Å². The summed E-state index contributed by atoms with van der Waals surface area (Å²) >= 11 is 6.03. The van der Waals surface area contributed by atoms with E-state index in [-0.39, 0.29) is 29.7 Å². The zero-order chi connectivity index (χ0) is 21.1. The fourth-order valence-electron chi connectivity index (χ4n) is 4.07. The molecule has 1 fully saturated rings. The molecular formula is C22H34ClN3O2. The van der Waals surface area contributed by atoms with Gasteiger partial charge in [0.05, 0.1) is 6.54 Å². The van der Waals surface area contributed by atoms with Crippen LogP contribution in [-0.4, -0.2) is 61.4 Å². The maximum Gasteiger partial charge on any atom is 0.245 e. The predicted molar refractivity (Wildman–Crippen MR) is 114 cm³/mol. The molecule has 0 spiro atoms. The Kier molecular flexibility index (Phi) is 7.52. The van der Waals surface area contributed by atoms with Crippen LogP contribution < -0.4 is 5.32 Å². The van der Waals surface area contributed by atoms with Crippen molar-refractivity contribution in [2.75, 3.05) is 33.7 Å². The predicted octanol–water partition coefficient (Wildman–Crippen LogP) is 3.38. The second kappa shape index (κ2) is 9.27. The van der Waals surface area contributed by atoms with E-state index in [9.17, 15) is 9.59 Å². The summed E-state index contributed by atoms with van der Waals surface area (Å²) in [5.41, 5.74) is 1.21. The highest BCUT2D eigenvalue weighted by Crippen LogP contribution is 2.42. The quantitative estimate of drug-likeness (QED) is 0.786. The number of piperidine rings is 1. The van der Waals surface area contributed by atoms with Gasteiger partial charge in [-0.15, -0.1) is 0 Å². The monoisotopic (exact) mass is 407 g/mol. The van der Waals surface area contributed by atoms with Crippen LogP contribution >= 0.6 is 11.6 Å². The Morgan fingerprint density at radius 3 is 2.36 bits per heavy atom. The molecule has 1 heterocycles. The van der Waals surface area contributed by atoms with Crippen LogP contribution in [0.2, 0.25) is 5.02 Å². The lowest BCUT2D eigenvalue weighted by Gasteiger charge is -2.45. The van der Waals surface area contributed by atoms with Gasteiger partial charge in [0.25, 0.3) is 0 Å². The van der Waals surface area contributed by atoms with Gasteiger partial charge in [0.2, 0.25) is 11.8 Å². The Balaban J connectivity index is 2.10. The van der Waals surface area contributed by atoms with Gasteiger partial charge in [-0.05, 0) is 55.5 Å². The largest absolute Gasteiger partial charge is 0.343 e. The Morgan fingerprint density at radius 2 is 1.86 bits per heavy atom. The Hall–Kier alpha value is -1.59. The van der Waals surface area contributed by atoms with E-state index in [4.69, 9.17) is 11.6 Å². The molecule has 2 rings (SSSR count). The number of amides is 2. The van der Waals surface area contributed by atoms with Crippen LogP contribution in [0.5, 0.6) is 0 Å². The van der Waals surface area contributed by atoms with E-state index in [0.717, 1.165) is 11.4 Å². The van der Waals surface area contributed by atoms with Gasteiger partial charge in [0.15, 0.2) is 0 Å². The smallest absolute Gasteiger partial charge is 0.245 e. The highest BCUT2D eigenvalue weighted by Gasteiger charge is 2.40. The molecule has 1 aliphatic rings. The topological polar surface area (TPSA) is 52.7 Å². The van der Waals surface area contributed by atoms with Gasteiger partial charge >= 0.3 is 0 Å². The van der Waals surface area contributed by atoms with Crippen molar-refractivity contribution in [1.29, 1.82) is 0 Å². The minimum atomic E-state index is -0.490. The van der Waals surface area contributed by atoms with E-state index < -0.39 is 6.04 Å². The van der Waals surface area contributed by atoms with E-state index in [1.165, 1.54) is 5.56 Å². The van der Waals surface area contributed by atoms with Gasteiger partial charge < -0.3 is 15.1 Å². The molecule has 0 aliphatic carbocycles. The van der Waals surface area contributed by atoms with Gasteiger partial charge in [-0.3, -0.25) is 9.59 Å². The van der Waals surface area contributed by atoms with Crippen LogP contribution in [0.3, 0.4) is 0 Å². The Morgan fingerprint density at radius 1 is 1.25 bits per heavy atom. The number of likely N-dealkylation sites (N-methyl/N-ethyl adjacent to an activating group) is 1. The second-order valence-electron chi connectivity index (χ2n) is 9.17. The number of carbonyl (C=O) groups excluding carboxylic acids is 2. The first-order chi connectivity index (χ1) is 13.0. The molecule has 1 N–H and O–H groups in total. The van der Waals surface area contributed by atoms with Crippen molar-refractivity contribution in [2.45, 2.75) is 46.1 Å². The van der Waals surface area contributed by atoms with Gasteiger partial charge in [-0.1, -0.05) is 51.4 Å². The SMILES string of the molecule is CC(C)[C@@H](NC(=O)CN(C)C)C(=O)N1CC[C@H](c2ccc(Cl)cc2)C(C)(C)C1. The van der Waals surface area contributed by atoms with E-state index in [1.807, 2.05) is 45.0 Å². The number of nitrogens with zero attached hydrogens (tertiary/aromatic N) is 2. The van der Waals surface area contributed by atoms with Crippen LogP contribution in [0, 0.1) is 11.3 Å². The van der Waals surface area contributed by atoms with Crippen molar-refractivity contribution in [3.05, 3.63) is 34.9 Å². The molecule has 156 valence electrons. The van der Waals surface area contributed by atoms with Gasteiger partial charge in [-0.25, -0.2) is 0 Å². The first-order valence-electron chi connectivity index (χ1n) is 9.99. The van der Waals surface area contributed by atoms with Crippen LogP contribution in [0.15, 0.2) is 24.3 Å².